The molecule has 1 fully saturated rings. The number of benzene rings is 2. The number of carbonyl (C=O) groups excluding carboxylic acids is 1. The van der Waals surface area contributed by atoms with E-state index in [-0.39, 0.29) is 11.7 Å². The fourth-order valence-electron chi connectivity index (χ4n) is 5.24. The molecule has 9 heteroatoms. The molecule has 0 aliphatic carbocycles. The highest BCUT2D eigenvalue weighted by Gasteiger charge is 2.31. The summed E-state index contributed by atoms with van der Waals surface area (Å²) in [7, 11) is 0. The van der Waals surface area contributed by atoms with Crippen molar-refractivity contribution < 1.29 is 22.7 Å². The third-order valence-corrected chi connectivity index (χ3v) is 7.30. The van der Waals surface area contributed by atoms with Crippen molar-refractivity contribution in [3.63, 3.8) is 0 Å². The summed E-state index contributed by atoms with van der Waals surface area (Å²) in [5.41, 5.74) is 6.35. The maximum Gasteiger partial charge on any atom is 0.573 e. The second kappa shape index (κ2) is 11.0. The van der Waals surface area contributed by atoms with E-state index < -0.39 is 6.36 Å². The molecule has 0 atom stereocenters. The van der Waals surface area contributed by atoms with E-state index in [1.54, 1.807) is 12.1 Å². The Morgan fingerprint density at radius 2 is 1.74 bits per heavy atom. The molecule has 0 unspecified atom stereocenters. The molecule has 1 aliphatic rings. The van der Waals surface area contributed by atoms with Crippen molar-refractivity contribution in [2.75, 3.05) is 18.0 Å². The molecule has 5 rings (SSSR count). The Morgan fingerprint density at radius 1 is 1.05 bits per heavy atom. The van der Waals surface area contributed by atoms with Gasteiger partial charge in [0.15, 0.2) is 0 Å². The molecule has 4 aromatic rings. The summed E-state index contributed by atoms with van der Waals surface area (Å²) >= 11 is 0. The van der Waals surface area contributed by atoms with Crippen LogP contribution in [-0.4, -0.2) is 34.7 Å². The largest absolute Gasteiger partial charge is 0.573 e. The number of amides is 1. The standard InChI is InChI=1S/C30H31F3N4O2/c1-3-26-27(37-16-4-5-20(2)28(37)35-26)29(38)34-19-21-6-10-24(11-7-21)36-17-14-23(15-18-36)22-8-12-25(13-9-22)39-30(31,32)33/h4-13,16,23H,3,14-15,17-19H2,1-2H3,(H,34,38). The molecule has 2 aromatic carbocycles. The summed E-state index contributed by atoms with van der Waals surface area (Å²) in [5, 5.41) is 3.04. The first-order valence-corrected chi connectivity index (χ1v) is 13.2. The topological polar surface area (TPSA) is 58.9 Å². The number of nitrogens with one attached hydrogen (secondary N) is 1. The van der Waals surface area contributed by atoms with Crippen LogP contribution < -0.4 is 15.0 Å². The zero-order chi connectivity index (χ0) is 27.6. The van der Waals surface area contributed by atoms with E-state index >= 15 is 0 Å². The lowest BCUT2D eigenvalue weighted by Crippen LogP contribution is -2.32. The average Bonchev–Trinajstić information content (AvgIpc) is 3.32. The summed E-state index contributed by atoms with van der Waals surface area (Å²) in [6.07, 6.45) is -0.307. The number of imidazole rings is 1. The number of fused-ring (bicyclic) bond motifs is 1. The van der Waals surface area contributed by atoms with Crippen LogP contribution in [0.25, 0.3) is 5.65 Å². The molecule has 204 valence electrons. The van der Waals surface area contributed by atoms with Crippen molar-refractivity contribution in [2.45, 2.75) is 51.9 Å². The number of ether oxygens (including phenoxy) is 1. The zero-order valence-electron chi connectivity index (χ0n) is 22.0. The van der Waals surface area contributed by atoms with Gasteiger partial charge in [-0.15, -0.1) is 13.2 Å². The first-order chi connectivity index (χ1) is 18.7. The van der Waals surface area contributed by atoms with Crippen molar-refractivity contribution in [2.24, 2.45) is 0 Å². The number of hydrogen-bond acceptors (Lipinski definition) is 4. The molecular formula is C30H31F3N4O2. The molecule has 0 spiro atoms. The number of halogens is 3. The molecule has 2 aromatic heterocycles. The number of hydrogen-bond donors (Lipinski definition) is 1. The van der Waals surface area contributed by atoms with Gasteiger partial charge in [0.05, 0.1) is 5.69 Å². The van der Waals surface area contributed by atoms with Gasteiger partial charge in [-0.25, -0.2) is 4.98 Å². The lowest BCUT2D eigenvalue weighted by Gasteiger charge is -2.34. The highest BCUT2D eigenvalue weighted by molar-refractivity contribution is 5.94. The Bertz CT molecular complexity index is 1440. The predicted molar refractivity (Wildman–Crippen MR) is 144 cm³/mol. The fourth-order valence-corrected chi connectivity index (χ4v) is 5.24. The number of pyridine rings is 1. The van der Waals surface area contributed by atoms with E-state index in [2.05, 4.69) is 32.1 Å². The van der Waals surface area contributed by atoms with E-state index in [4.69, 9.17) is 0 Å². The molecular weight excluding hydrogens is 505 g/mol. The average molecular weight is 537 g/mol. The number of nitrogens with zero attached hydrogens (tertiary/aromatic N) is 3. The van der Waals surface area contributed by atoms with E-state index in [1.807, 2.05) is 48.7 Å². The van der Waals surface area contributed by atoms with Crippen LogP contribution in [0.15, 0.2) is 66.9 Å². The number of rotatable bonds is 7. The molecule has 1 saturated heterocycles. The lowest BCUT2D eigenvalue weighted by atomic mass is 9.89. The zero-order valence-corrected chi connectivity index (χ0v) is 22.0. The SMILES string of the molecule is CCc1nc2c(C)cccn2c1C(=O)NCc1ccc(N2CCC(c3ccc(OC(F)(F)F)cc3)CC2)cc1. The second-order valence-electron chi connectivity index (χ2n) is 9.87. The van der Waals surface area contributed by atoms with Gasteiger partial charge in [-0.2, -0.15) is 0 Å². The molecule has 39 heavy (non-hydrogen) atoms. The summed E-state index contributed by atoms with van der Waals surface area (Å²) in [6.45, 7) is 6.11. The minimum atomic E-state index is -4.68. The molecule has 0 saturated carbocycles. The van der Waals surface area contributed by atoms with Crippen LogP contribution in [0, 0.1) is 6.92 Å². The van der Waals surface area contributed by atoms with Crippen LogP contribution in [0.3, 0.4) is 0 Å². The summed E-state index contributed by atoms with van der Waals surface area (Å²) in [5.74, 6) is -0.0411. The van der Waals surface area contributed by atoms with Gasteiger partial charge < -0.3 is 15.0 Å². The number of aryl methyl sites for hydroxylation is 2. The summed E-state index contributed by atoms with van der Waals surface area (Å²) in [4.78, 5) is 20.1. The quantitative estimate of drug-likeness (QED) is 0.296. The number of alkyl halides is 3. The van der Waals surface area contributed by atoms with Crippen molar-refractivity contribution >= 4 is 17.2 Å². The monoisotopic (exact) mass is 536 g/mol. The number of piperidine rings is 1. The molecule has 6 nitrogen and oxygen atoms in total. The van der Waals surface area contributed by atoms with Crippen LogP contribution in [0.5, 0.6) is 5.75 Å². The number of carbonyl (C=O) groups is 1. The van der Waals surface area contributed by atoms with Gasteiger partial charge in [-0.05, 0) is 79.1 Å². The maximum absolute atomic E-state index is 13.1. The smallest absolute Gasteiger partial charge is 0.406 e. The van der Waals surface area contributed by atoms with Crippen molar-refractivity contribution in [3.05, 3.63) is 94.9 Å². The minimum Gasteiger partial charge on any atom is -0.406 e. The summed E-state index contributed by atoms with van der Waals surface area (Å²) < 4.78 is 43.0. The Labute approximate surface area is 225 Å². The Balaban J connectivity index is 1.16. The highest BCUT2D eigenvalue weighted by atomic mass is 19.4. The van der Waals surface area contributed by atoms with Crippen LogP contribution in [0.2, 0.25) is 0 Å². The van der Waals surface area contributed by atoms with Crippen LogP contribution in [-0.2, 0) is 13.0 Å². The van der Waals surface area contributed by atoms with Crippen molar-refractivity contribution in [1.29, 1.82) is 0 Å². The Kier molecular flexibility index (Phi) is 7.50. The lowest BCUT2D eigenvalue weighted by molar-refractivity contribution is -0.274. The van der Waals surface area contributed by atoms with Gasteiger partial charge in [0.1, 0.15) is 17.1 Å². The van der Waals surface area contributed by atoms with Crippen LogP contribution >= 0.6 is 0 Å². The van der Waals surface area contributed by atoms with E-state index in [1.165, 1.54) is 12.1 Å². The van der Waals surface area contributed by atoms with E-state index in [0.29, 0.717) is 24.6 Å². The van der Waals surface area contributed by atoms with E-state index in [0.717, 1.165) is 59.7 Å². The third-order valence-electron chi connectivity index (χ3n) is 7.30. The normalized spacial score (nSPS) is 14.5. The van der Waals surface area contributed by atoms with Crippen molar-refractivity contribution in [1.82, 2.24) is 14.7 Å². The Hall–Kier alpha value is -4.01. The van der Waals surface area contributed by atoms with Crippen LogP contribution in [0.4, 0.5) is 18.9 Å². The highest BCUT2D eigenvalue weighted by Crippen LogP contribution is 2.32. The molecule has 1 aliphatic heterocycles. The van der Waals surface area contributed by atoms with Crippen LogP contribution in [0.1, 0.15) is 58.6 Å². The summed E-state index contributed by atoms with van der Waals surface area (Å²) in [6, 6.07) is 18.3. The van der Waals surface area contributed by atoms with E-state index in [9.17, 15) is 18.0 Å². The minimum absolute atomic E-state index is 0.144. The Morgan fingerprint density at radius 3 is 2.38 bits per heavy atom. The molecule has 0 bridgehead atoms. The van der Waals surface area contributed by atoms with Gasteiger partial charge in [-0.3, -0.25) is 9.20 Å². The molecule has 0 radical (unpaired) electrons. The number of anilines is 1. The molecule has 1 amide bonds. The third kappa shape index (κ3) is 6.02. The number of aromatic nitrogens is 2. The predicted octanol–water partition coefficient (Wildman–Crippen LogP) is 6.42. The van der Waals surface area contributed by atoms with Gasteiger partial charge in [0, 0.05) is 31.5 Å². The second-order valence-corrected chi connectivity index (χ2v) is 9.87. The first kappa shape index (κ1) is 26.6. The van der Waals surface area contributed by atoms with Crippen molar-refractivity contribution in [3.8, 4) is 5.75 Å². The van der Waals surface area contributed by atoms with Gasteiger partial charge in [0.25, 0.3) is 5.91 Å². The molecule has 1 N–H and O–H groups in total. The van der Waals surface area contributed by atoms with Gasteiger partial charge in [-0.1, -0.05) is 37.3 Å². The van der Waals surface area contributed by atoms with Gasteiger partial charge in [0.2, 0.25) is 0 Å². The first-order valence-electron chi connectivity index (χ1n) is 13.2. The maximum atomic E-state index is 13.1. The molecule has 3 heterocycles. The fraction of sp³-hybridized carbons (Fsp3) is 0.333. The van der Waals surface area contributed by atoms with Gasteiger partial charge >= 0.3 is 6.36 Å².